The van der Waals surface area contributed by atoms with Crippen molar-refractivity contribution in [2.75, 3.05) is 20.1 Å². The summed E-state index contributed by atoms with van der Waals surface area (Å²) in [6.45, 7) is 10.6. The molecule has 0 aromatic heterocycles. The predicted molar refractivity (Wildman–Crippen MR) is 80.5 cm³/mol. The standard InChI is InChI=1S/C16H29N3O/c1-14(2)11-19(12-15(3,4)20-14)13-7-6-8-16(9-13,10-17)18-5/h13,18H,6-9,11-12H2,1-5H3. The smallest absolute Gasteiger partial charge is 0.108 e. The van der Waals surface area contributed by atoms with E-state index in [2.05, 4.69) is 44.0 Å². The van der Waals surface area contributed by atoms with E-state index in [0.717, 1.165) is 32.4 Å². The first kappa shape index (κ1) is 15.8. The largest absolute Gasteiger partial charge is 0.367 e. The van der Waals surface area contributed by atoms with Gasteiger partial charge in [-0.15, -0.1) is 0 Å². The minimum Gasteiger partial charge on any atom is -0.367 e. The third-order valence-corrected chi connectivity index (χ3v) is 4.65. The predicted octanol–water partition coefficient (Wildman–Crippen LogP) is 2.30. The van der Waals surface area contributed by atoms with Gasteiger partial charge in [0.15, 0.2) is 0 Å². The number of nitrogens with zero attached hydrogens (tertiary/aromatic N) is 2. The first-order chi connectivity index (χ1) is 9.21. The molecule has 0 amide bonds. The molecule has 20 heavy (non-hydrogen) atoms. The van der Waals surface area contributed by atoms with Crippen LogP contribution in [0.15, 0.2) is 0 Å². The van der Waals surface area contributed by atoms with Gasteiger partial charge in [-0.2, -0.15) is 5.26 Å². The van der Waals surface area contributed by atoms with Crippen molar-refractivity contribution < 1.29 is 4.74 Å². The number of nitriles is 1. The van der Waals surface area contributed by atoms with E-state index in [1.807, 2.05) is 7.05 Å². The zero-order valence-electron chi connectivity index (χ0n) is 13.6. The van der Waals surface area contributed by atoms with E-state index < -0.39 is 0 Å². The number of morpholine rings is 1. The lowest BCUT2D eigenvalue weighted by atomic mass is 9.78. The van der Waals surface area contributed by atoms with Crippen molar-refractivity contribution >= 4 is 0 Å². The summed E-state index contributed by atoms with van der Waals surface area (Å²) in [7, 11) is 1.92. The molecule has 1 heterocycles. The van der Waals surface area contributed by atoms with Crippen LogP contribution in [-0.4, -0.2) is 47.8 Å². The Hall–Kier alpha value is -0.630. The van der Waals surface area contributed by atoms with E-state index in [9.17, 15) is 5.26 Å². The Morgan fingerprint density at radius 2 is 1.80 bits per heavy atom. The SMILES string of the molecule is CNC1(C#N)CCCC(N2CC(C)(C)OC(C)(C)C2)C1. The minimum atomic E-state index is -0.338. The zero-order chi connectivity index (χ0) is 15.0. The number of ether oxygens (including phenoxy) is 1. The Morgan fingerprint density at radius 3 is 2.30 bits per heavy atom. The molecule has 0 aromatic carbocycles. The Labute approximate surface area is 123 Å². The van der Waals surface area contributed by atoms with E-state index in [0.29, 0.717) is 6.04 Å². The van der Waals surface area contributed by atoms with Crippen molar-refractivity contribution in [1.82, 2.24) is 10.2 Å². The lowest BCUT2D eigenvalue weighted by molar-refractivity contribution is -0.190. The first-order valence-electron chi connectivity index (χ1n) is 7.75. The maximum absolute atomic E-state index is 9.51. The zero-order valence-corrected chi connectivity index (χ0v) is 13.6. The van der Waals surface area contributed by atoms with Gasteiger partial charge >= 0.3 is 0 Å². The Bertz CT molecular complexity index is 383. The van der Waals surface area contributed by atoms with Gasteiger partial charge < -0.3 is 10.1 Å². The number of nitrogens with one attached hydrogen (secondary N) is 1. The normalized spacial score (nSPS) is 37.3. The molecule has 1 N–H and O–H groups in total. The lowest BCUT2D eigenvalue weighted by Crippen LogP contribution is -2.62. The fourth-order valence-corrected chi connectivity index (χ4v) is 4.05. The molecule has 2 aliphatic rings. The number of hydrogen-bond donors (Lipinski definition) is 1. The van der Waals surface area contributed by atoms with Crippen LogP contribution in [0.3, 0.4) is 0 Å². The van der Waals surface area contributed by atoms with Crippen molar-refractivity contribution in [3.8, 4) is 6.07 Å². The van der Waals surface area contributed by atoms with Gasteiger partial charge in [0.2, 0.25) is 0 Å². The molecule has 1 aliphatic heterocycles. The van der Waals surface area contributed by atoms with E-state index >= 15 is 0 Å². The Morgan fingerprint density at radius 1 is 1.20 bits per heavy atom. The van der Waals surface area contributed by atoms with Gasteiger partial charge in [-0.25, -0.2) is 0 Å². The topological polar surface area (TPSA) is 48.3 Å². The lowest BCUT2D eigenvalue weighted by Gasteiger charge is -2.51. The molecule has 0 aromatic rings. The molecule has 1 aliphatic carbocycles. The first-order valence-corrected chi connectivity index (χ1v) is 7.75. The van der Waals surface area contributed by atoms with Crippen molar-refractivity contribution in [2.45, 2.75) is 76.2 Å². The van der Waals surface area contributed by atoms with Crippen molar-refractivity contribution in [3.05, 3.63) is 0 Å². The second-order valence-electron chi connectivity index (χ2n) is 7.72. The highest BCUT2D eigenvalue weighted by molar-refractivity contribution is 5.11. The third kappa shape index (κ3) is 3.33. The summed E-state index contributed by atoms with van der Waals surface area (Å²) in [5.74, 6) is 0. The highest BCUT2D eigenvalue weighted by Gasteiger charge is 2.44. The molecular weight excluding hydrogens is 250 g/mol. The number of hydrogen-bond acceptors (Lipinski definition) is 4. The molecule has 4 heteroatoms. The molecule has 0 bridgehead atoms. The summed E-state index contributed by atoms with van der Waals surface area (Å²) in [5, 5.41) is 12.8. The summed E-state index contributed by atoms with van der Waals surface area (Å²) >= 11 is 0. The molecule has 2 unspecified atom stereocenters. The molecule has 2 rings (SSSR count). The minimum absolute atomic E-state index is 0.117. The van der Waals surface area contributed by atoms with Gasteiger partial charge in [0.05, 0.1) is 17.3 Å². The Balaban J connectivity index is 2.13. The quantitative estimate of drug-likeness (QED) is 0.842. The van der Waals surface area contributed by atoms with E-state index in [4.69, 9.17) is 4.74 Å². The van der Waals surface area contributed by atoms with Crippen LogP contribution in [0.2, 0.25) is 0 Å². The van der Waals surface area contributed by atoms with Gasteiger partial charge in [0.1, 0.15) is 5.54 Å². The van der Waals surface area contributed by atoms with E-state index in [1.165, 1.54) is 6.42 Å². The average molecular weight is 279 g/mol. The van der Waals surface area contributed by atoms with E-state index in [1.54, 1.807) is 0 Å². The summed E-state index contributed by atoms with van der Waals surface area (Å²) in [6, 6.07) is 2.99. The highest BCUT2D eigenvalue weighted by Crippen LogP contribution is 2.36. The van der Waals surface area contributed by atoms with Crippen molar-refractivity contribution in [2.24, 2.45) is 0 Å². The highest BCUT2D eigenvalue weighted by atomic mass is 16.5. The van der Waals surface area contributed by atoms with Crippen LogP contribution in [0, 0.1) is 11.3 Å². The molecule has 1 saturated carbocycles. The monoisotopic (exact) mass is 279 g/mol. The molecule has 1 saturated heterocycles. The van der Waals surface area contributed by atoms with Crippen LogP contribution in [0.4, 0.5) is 0 Å². The van der Waals surface area contributed by atoms with Gasteiger partial charge in [-0.1, -0.05) is 0 Å². The van der Waals surface area contributed by atoms with Crippen LogP contribution >= 0.6 is 0 Å². The Kier molecular flexibility index (Phi) is 4.17. The van der Waals surface area contributed by atoms with Crippen molar-refractivity contribution in [1.29, 1.82) is 5.26 Å². The van der Waals surface area contributed by atoms with Crippen LogP contribution in [0.5, 0.6) is 0 Å². The van der Waals surface area contributed by atoms with Crippen molar-refractivity contribution in [3.63, 3.8) is 0 Å². The maximum Gasteiger partial charge on any atom is 0.108 e. The molecule has 2 fully saturated rings. The average Bonchev–Trinajstić information content (AvgIpc) is 2.35. The van der Waals surface area contributed by atoms with Crippen LogP contribution in [0.25, 0.3) is 0 Å². The third-order valence-electron chi connectivity index (χ3n) is 4.65. The number of rotatable bonds is 2. The molecule has 114 valence electrons. The molecule has 0 spiro atoms. The molecule has 2 atom stereocenters. The summed E-state index contributed by atoms with van der Waals surface area (Å²) in [6.07, 6.45) is 4.20. The fraction of sp³-hybridized carbons (Fsp3) is 0.938. The fourth-order valence-electron chi connectivity index (χ4n) is 4.05. The summed E-state index contributed by atoms with van der Waals surface area (Å²) in [5.41, 5.74) is -0.572. The van der Waals surface area contributed by atoms with Crippen LogP contribution in [0.1, 0.15) is 53.4 Å². The second-order valence-corrected chi connectivity index (χ2v) is 7.72. The van der Waals surface area contributed by atoms with E-state index in [-0.39, 0.29) is 16.7 Å². The molecular formula is C16H29N3O. The van der Waals surface area contributed by atoms with Gasteiger partial charge in [0.25, 0.3) is 0 Å². The van der Waals surface area contributed by atoms with Gasteiger partial charge in [0, 0.05) is 19.1 Å². The second kappa shape index (κ2) is 5.29. The van der Waals surface area contributed by atoms with Gasteiger partial charge in [-0.05, 0) is 60.4 Å². The maximum atomic E-state index is 9.51. The van der Waals surface area contributed by atoms with Gasteiger partial charge in [-0.3, -0.25) is 4.90 Å². The van der Waals surface area contributed by atoms with Crippen LogP contribution in [-0.2, 0) is 4.74 Å². The summed E-state index contributed by atoms with van der Waals surface area (Å²) < 4.78 is 6.16. The molecule has 0 radical (unpaired) electrons. The van der Waals surface area contributed by atoms with Crippen LogP contribution < -0.4 is 5.32 Å². The summed E-state index contributed by atoms with van der Waals surface area (Å²) in [4.78, 5) is 2.55. The molecule has 4 nitrogen and oxygen atoms in total.